The lowest BCUT2D eigenvalue weighted by Crippen LogP contribution is -2.33. The summed E-state index contributed by atoms with van der Waals surface area (Å²) in [7, 11) is -0.991. The molecule has 1 N–H and O–H groups in total. The monoisotopic (exact) mass is 488 g/mol. The molecule has 32 heavy (non-hydrogen) atoms. The summed E-state index contributed by atoms with van der Waals surface area (Å²) in [5.41, 5.74) is -0.277. The fourth-order valence-corrected chi connectivity index (χ4v) is 4.80. The van der Waals surface area contributed by atoms with E-state index in [0.717, 1.165) is 12.8 Å². The van der Waals surface area contributed by atoms with Gasteiger partial charge in [-0.25, -0.2) is 18.4 Å². The Balaban J connectivity index is 1.86. The van der Waals surface area contributed by atoms with Crippen LogP contribution in [0.2, 0.25) is 5.02 Å². The molecule has 0 aromatic carbocycles. The van der Waals surface area contributed by atoms with Crippen LogP contribution in [0.15, 0.2) is 12.4 Å². The molecule has 178 valence electrons. The topological polar surface area (TPSA) is 130 Å². The first kappa shape index (κ1) is 24.8. The van der Waals surface area contributed by atoms with Crippen LogP contribution in [0.25, 0.3) is 0 Å². The molecule has 0 aliphatic carbocycles. The minimum Gasteiger partial charge on any atom is -0.383 e. The molecule has 2 aromatic rings. The Bertz CT molecular complexity index is 1010. The number of aromatic nitrogens is 5. The molecule has 3 heterocycles. The van der Waals surface area contributed by atoms with Crippen molar-refractivity contribution in [3.05, 3.63) is 29.1 Å². The van der Waals surface area contributed by atoms with Gasteiger partial charge in [0, 0.05) is 26.6 Å². The van der Waals surface area contributed by atoms with Crippen molar-refractivity contribution in [3.63, 3.8) is 0 Å². The predicted molar refractivity (Wildman–Crippen MR) is 118 cm³/mol. The van der Waals surface area contributed by atoms with Crippen molar-refractivity contribution >= 4 is 27.6 Å². The summed E-state index contributed by atoms with van der Waals surface area (Å²) >= 11 is 5.83. The van der Waals surface area contributed by atoms with E-state index in [1.807, 2.05) is 13.8 Å². The Kier molecular flexibility index (Phi) is 7.71. The summed E-state index contributed by atoms with van der Waals surface area (Å²) in [6.45, 7) is 6.24. The van der Waals surface area contributed by atoms with Gasteiger partial charge in [0.05, 0.1) is 23.8 Å². The molecule has 1 unspecified atom stereocenters. The number of nitrogens with one attached hydrogen (secondary N) is 1. The number of methoxy groups -OCH3 is 2. The second-order valence-corrected chi connectivity index (χ2v) is 10.7. The molecule has 0 bridgehead atoms. The van der Waals surface area contributed by atoms with Crippen LogP contribution in [0.3, 0.4) is 0 Å². The molecule has 1 aliphatic rings. The summed E-state index contributed by atoms with van der Waals surface area (Å²) in [5.74, 6) is 0.851. The lowest BCUT2D eigenvalue weighted by atomic mass is 10.1. The first-order chi connectivity index (χ1) is 15.1. The fraction of sp³-hybridized carbons (Fsp3) is 0.684. The average molecular weight is 489 g/mol. The van der Waals surface area contributed by atoms with Gasteiger partial charge in [-0.2, -0.15) is 0 Å². The Morgan fingerprint density at radius 3 is 2.56 bits per heavy atom. The number of sulfonamides is 1. The van der Waals surface area contributed by atoms with Crippen LogP contribution in [0.4, 0.5) is 5.95 Å². The van der Waals surface area contributed by atoms with E-state index in [9.17, 15) is 8.42 Å². The Morgan fingerprint density at radius 1 is 1.31 bits per heavy atom. The number of rotatable bonds is 10. The molecule has 0 amide bonds. The second-order valence-electron chi connectivity index (χ2n) is 8.20. The number of anilines is 1. The van der Waals surface area contributed by atoms with Gasteiger partial charge in [-0.15, -0.1) is 10.2 Å². The largest absolute Gasteiger partial charge is 0.383 e. The average Bonchev–Trinajstić information content (AvgIpc) is 3.30. The molecule has 0 saturated carbocycles. The number of hydrogen-bond acceptors (Lipinski definition) is 9. The number of halogens is 1. The van der Waals surface area contributed by atoms with Crippen molar-refractivity contribution in [3.8, 4) is 0 Å². The lowest BCUT2D eigenvalue weighted by molar-refractivity contribution is -0.0217. The van der Waals surface area contributed by atoms with Crippen molar-refractivity contribution in [1.82, 2.24) is 24.7 Å². The molecule has 11 nitrogen and oxygen atoms in total. The van der Waals surface area contributed by atoms with E-state index in [1.165, 1.54) is 26.4 Å². The van der Waals surface area contributed by atoms with Crippen LogP contribution in [-0.4, -0.2) is 64.8 Å². The molecule has 3 atom stereocenters. The highest BCUT2D eigenvalue weighted by Gasteiger charge is 2.37. The minimum atomic E-state index is -3.96. The summed E-state index contributed by atoms with van der Waals surface area (Å²) in [6, 6.07) is 0. The zero-order chi connectivity index (χ0) is 23.5. The van der Waals surface area contributed by atoms with Gasteiger partial charge >= 0.3 is 0 Å². The quantitative estimate of drug-likeness (QED) is 0.535. The third-order valence-corrected chi connectivity index (χ3v) is 7.24. The number of ether oxygens (including phenoxy) is 3. The van der Waals surface area contributed by atoms with Crippen LogP contribution < -0.4 is 4.72 Å². The van der Waals surface area contributed by atoms with Crippen molar-refractivity contribution in [2.75, 3.05) is 25.5 Å². The molecule has 1 saturated heterocycles. The molecule has 13 heteroatoms. The van der Waals surface area contributed by atoms with Crippen molar-refractivity contribution in [2.24, 2.45) is 0 Å². The summed E-state index contributed by atoms with van der Waals surface area (Å²) < 4.78 is 47.3. The van der Waals surface area contributed by atoms with Crippen LogP contribution in [0.1, 0.15) is 57.5 Å². The van der Waals surface area contributed by atoms with Crippen LogP contribution in [0, 0.1) is 0 Å². The summed E-state index contributed by atoms with van der Waals surface area (Å²) in [5, 5.41) is 7.63. The molecule has 1 fully saturated rings. The molecule has 0 spiro atoms. The molecule has 1 aliphatic heterocycles. The zero-order valence-electron chi connectivity index (χ0n) is 18.8. The molecule has 0 radical (unpaired) electrons. The molecule has 2 aromatic heterocycles. The highest BCUT2D eigenvalue weighted by atomic mass is 35.5. The standard InChI is InChI=1S/C19H29ClN6O5S/c1-12(15(30-5)16-21-10-13(20)11-22-16)32(27,28)25-18-24-23-17(26(18)8-9-29-4)14-6-7-19(2,3)31-14/h10-12,14-15H,6-9H2,1-5H3,(H,24,25)/t12-,14?,15-/m0/s1. The van der Waals surface area contributed by atoms with E-state index in [1.54, 1.807) is 11.7 Å². The van der Waals surface area contributed by atoms with Gasteiger partial charge in [0.15, 0.2) is 11.6 Å². The first-order valence-corrected chi connectivity index (χ1v) is 12.1. The second kappa shape index (κ2) is 9.96. The van der Waals surface area contributed by atoms with Gasteiger partial charge in [0.2, 0.25) is 16.0 Å². The first-order valence-electron chi connectivity index (χ1n) is 10.2. The summed E-state index contributed by atoms with van der Waals surface area (Å²) in [4.78, 5) is 8.19. The number of nitrogens with zero attached hydrogens (tertiary/aromatic N) is 5. The maximum absolute atomic E-state index is 13.2. The maximum atomic E-state index is 13.2. The van der Waals surface area contributed by atoms with E-state index < -0.39 is 21.4 Å². The molecular formula is C19H29ClN6O5S. The third-order valence-electron chi connectivity index (χ3n) is 5.35. The molecule has 3 rings (SSSR count). The highest BCUT2D eigenvalue weighted by Crippen LogP contribution is 2.39. The van der Waals surface area contributed by atoms with Gasteiger partial charge in [0.1, 0.15) is 17.5 Å². The van der Waals surface area contributed by atoms with Crippen molar-refractivity contribution in [1.29, 1.82) is 0 Å². The van der Waals surface area contributed by atoms with Crippen molar-refractivity contribution in [2.45, 2.75) is 63.2 Å². The predicted octanol–water partition coefficient (Wildman–Crippen LogP) is 2.52. The van der Waals surface area contributed by atoms with Gasteiger partial charge in [0.25, 0.3) is 0 Å². The third kappa shape index (κ3) is 5.54. The minimum absolute atomic E-state index is 0.0871. The SMILES string of the molecule is COCCn1c(NS(=O)(=O)[C@@H](C)[C@H](OC)c2ncc(Cl)cn2)nnc1C1CCC(C)(C)O1. The Hall–Kier alpha value is -1.86. The lowest BCUT2D eigenvalue weighted by Gasteiger charge is -2.22. The van der Waals surface area contributed by atoms with E-state index in [-0.39, 0.29) is 23.5 Å². The highest BCUT2D eigenvalue weighted by molar-refractivity contribution is 7.93. The van der Waals surface area contributed by atoms with Crippen molar-refractivity contribution < 1.29 is 22.6 Å². The van der Waals surface area contributed by atoms with Gasteiger partial charge < -0.3 is 14.2 Å². The van der Waals surface area contributed by atoms with Gasteiger partial charge in [-0.05, 0) is 33.6 Å². The summed E-state index contributed by atoms with van der Waals surface area (Å²) in [6.07, 6.45) is 3.21. The Labute approximate surface area is 192 Å². The zero-order valence-corrected chi connectivity index (χ0v) is 20.4. The Morgan fingerprint density at radius 2 is 2.00 bits per heavy atom. The normalized spacial score (nSPS) is 20.2. The number of hydrogen-bond donors (Lipinski definition) is 1. The fourth-order valence-electron chi connectivity index (χ4n) is 3.55. The van der Waals surface area contributed by atoms with Crippen LogP contribution >= 0.6 is 11.6 Å². The van der Waals surface area contributed by atoms with E-state index in [2.05, 4.69) is 24.9 Å². The van der Waals surface area contributed by atoms with E-state index in [4.69, 9.17) is 25.8 Å². The smallest absolute Gasteiger partial charge is 0.240 e. The maximum Gasteiger partial charge on any atom is 0.240 e. The van der Waals surface area contributed by atoms with Crippen LogP contribution in [0.5, 0.6) is 0 Å². The van der Waals surface area contributed by atoms with E-state index in [0.29, 0.717) is 24.0 Å². The van der Waals surface area contributed by atoms with E-state index >= 15 is 0 Å². The van der Waals surface area contributed by atoms with Gasteiger partial charge in [-0.1, -0.05) is 11.6 Å². The van der Waals surface area contributed by atoms with Crippen LogP contribution in [-0.2, 0) is 30.8 Å². The molecular weight excluding hydrogens is 460 g/mol. The van der Waals surface area contributed by atoms with Gasteiger partial charge in [-0.3, -0.25) is 9.29 Å².